The van der Waals surface area contributed by atoms with Crippen molar-refractivity contribution in [1.29, 1.82) is 0 Å². The van der Waals surface area contributed by atoms with Gasteiger partial charge < -0.3 is 10.5 Å². The summed E-state index contributed by atoms with van der Waals surface area (Å²) in [6, 6.07) is 5.80. The average molecular weight is 226 g/mol. The Morgan fingerprint density at radius 1 is 1.47 bits per heavy atom. The average Bonchev–Trinajstić information content (AvgIpc) is 2.12. The fraction of sp³-hybridized carbons (Fsp3) is 0.500. The first kappa shape index (κ1) is 10.8. The van der Waals surface area contributed by atoms with Gasteiger partial charge in [0, 0.05) is 6.04 Å². The number of benzene rings is 1. The van der Waals surface area contributed by atoms with Gasteiger partial charge in [-0.15, -0.1) is 0 Å². The Morgan fingerprint density at radius 3 is 2.67 bits per heavy atom. The van der Waals surface area contributed by atoms with Crippen LogP contribution in [0.5, 0.6) is 5.75 Å². The van der Waals surface area contributed by atoms with Crippen molar-refractivity contribution in [3.63, 3.8) is 0 Å². The zero-order valence-electron chi connectivity index (χ0n) is 8.87. The molecule has 2 nitrogen and oxygen atoms in total. The van der Waals surface area contributed by atoms with Gasteiger partial charge in [-0.05, 0) is 43.9 Å². The number of ether oxygens (including phenoxy) is 1. The molecule has 1 aliphatic carbocycles. The highest BCUT2D eigenvalue weighted by Gasteiger charge is 2.20. The van der Waals surface area contributed by atoms with Crippen LogP contribution in [0.25, 0.3) is 0 Å². The third kappa shape index (κ3) is 2.44. The quantitative estimate of drug-likeness (QED) is 0.857. The molecule has 1 aromatic carbocycles. The first-order valence-corrected chi connectivity index (χ1v) is 5.76. The summed E-state index contributed by atoms with van der Waals surface area (Å²) < 4.78 is 5.74. The molecule has 1 atom stereocenters. The third-order valence-electron chi connectivity index (χ3n) is 2.83. The van der Waals surface area contributed by atoms with E-state index in [1.54, 1.807) is 0 Å². The van der Waals surface area contributed by atoms with Gasteiger partial charge in [0.15, 0.2) is 0 Å². The molecule has 2 rings (SSSR count). The van der Waals surface area contributed by atoms with E-state index in [4.69, 9.17) is 22.1 Å². The number of halogens is 1. The lowest BCUT2D eigenvalue weighted by Gasteiger charge is -2.27. The molecule has 1 aliphatic rings. The maximum atomic E-state index is 6.12. The molecule has 0 heterocycles. The normalized spacial score (nSPS) is 18.3. The van der Waals surface area contributed by atoms with Gasteiger partial charge in [-0.1, -0.05) is 17.7 Å². The number of nitrogens with two attached hydrogens (primary N) is 1. The smallest absolute Gasteiger partial charge is 0.138 e. The molecule has 0 aliphatic heterocycles. The highest BCUT2D eigenvalue weighted by Crippen LogP contribution is 2.31. The summed E-state index contributed by atoms with van der Waals surface area (Å²) in [4.78, 5) is 0. The monoisotopic (exact) mass is 225 g/mol. The van der Waals surface area contributed by atoms with Gasteiger partial charge >= 0.3 is 0 Å². The van der Waals surface area contributed by atoms with Crippen molar-refractivity contribution in [2.45, 2.75) is 38.3 Å². The summed E-state index contributed by atoms with van der Waals surface area (Å²) >= 11 is 6.12. The van der Waals surface area contributed by atoms with Gasteiger partial charge in [-0.25, -0.2) is 0 Å². The van der Waals surface area contributed by atoms with Crippen molar-refractivity contribution in [3.05, 3.63) is 28.8 Å². The van der Waals surface area contributed by atoms with Crippen LogP contribution in [0, 0.1) is 0 Å². The third-order valence-corrected chi connectivity index (χ3v) is 3.12. The minimum absolute atomic E-state index is 0.0141. The lowest BCUT2D eigenvalue weighted by molar-refractivity contribution is 0.120. The standard InChI is InChI=1S/C12H16ClNO/c1-8(14)9-5-6-12(11(13)7-9)15-10-3-2-4-10/h5-8,10H,2-4,14H2,1H3. The molecule has 1 saturated carbocycles. The first-order valence-electron chi connectivity index (χ1n) is 5.38. The summed E-state index contributed by atoms with van der Waals surface area (Å²) in [6.45, 7) is 1.94. The minimum Gasteiger partial charge on any atom is -0.489 e. The predicted octanol–water partition coefficient (Wildman–Crippen LogP) is 3.29. The van der Waals surface area contributed by atoms with Crippen LogP contribution in [0.3, 0.4) is 0 Å². The van der Waals surface area contributed by atoms with E-state index in [2.05, 4.69) is 0 Å². The van der Waals surface area contributed by atoms with E-state index < -0.39 is 0 Å². The summed E-state index contributed by atoms with van der Waals surface area (Å²) in [7, 11) is 0. The fourth-order valence-electron chi connectivity index (χ4n) is 1.56. The molecule has 1 aromatic rings. The van der Waals surface area contributed by atoms with Crippen molar-refractivity contribution in [2.24, 2.45) is 5.73 Å². The van der Waals surface area contributed by atoms with Crippen molar-refractivity contribution in [2.75, 3.05) is 0 Å². The van der Waals surface area contributed by atoms with Gasteiger partial charge in [0.2, 0.25) is 0 Å². The maximum Gasteiger partial charge on any atom is 0.138 e. The van der Waals surface area contributed by atoms with Crippen LogP contribution < -0.4 is 10.5 Å². The maximum absolute atomic E-state index is 6.12. The Morgan fingerprint density at radius 2 is 2.20 bits per heavy atom. The molecule has 1 fully saturated rings. The molecule has 15 heavy (non-hydrogen) atoms. The molecule has 3 heteroatoms. The van der Waals surface area contributed by atoms with Crippen LogP contribution in [0.2, 0.25) is 5.02 Å². The van der Waals surface area contributed by atoms with E-state index in [-0.39, 0.29) is 6.04 Å². The number of hydrogen-bond donors (Lipinski definition) is 1. The van der Waals surface area contributed by atoms with Crippen LogP contribution in [0.4, 0.5) is 0 Å². The van der Waals surface area contributed by atoms with Gasteiger partial charge in [-0.2, -0.15) is 0 Å². The molecule has 0 radical (unpaired) electrons. The lowest BCUT2D eigenvalue weighted by Crippen LogP contribution is -2.24. The molecule has 0 amide bonds. The topological polar surface area (TPSA) is 35.2 Å². The van der Waals surface area contributed by atoms with E-state index in [1.807, 2.05) is 25.1 Å². The zero-order chi connectivity index (χ0) is 10.8. The molecule has 82 valence electrons. The summed E-state index contributed by atoms with van der Waals surface area (Å²) in [5, 5.41) is 0.664. The van der Waals surface area contributed by atoms with E-state index in [0.717, 1.165) is 24.2 Å². The molecular formula is C12H16ClNO. The second-order valence-electron chi connectivity index (χ2n) is 4.15. The SMILES string of the molecule is CC(N)c1ccc(OC2CCC2)c(Cl)c1. The zero-order valence-corrected chi connectivity index (χ0v) is 9.63. The Labute approximate surface area is 95.4 Å². The van der Waals surface area contributed by atoms with E-state index in [0.29, 0.717) is 11.1 Å². The Bertz CT molecular complexity index is 347. The molecular weight excluding hydrogens is 210 g/mol. The molecule has 0 aromatic heterocycles. The van der Waals surface area contributed by atoms with Crippen LogP contribution in [-0.2, 0) is 0 Å². The van der Waals surface area contributed by atoms with Crippen molar-refractivity contribution in [3.8, 4) is 5.75 Å². The molecule has 2 N–H and O–H groups in total. The Hall–Kier alpha value is -0.730. The van der Waals surface area contributed by atoms with Crippen molar-refractivity contribution >= 4 is 11.6 Å². The van der Waals surface area contributed by atoms with Crippen molar-refractivity contribution in [1.82, 2.24) is 0 Å². The summed E-state index contributed by atoms with van der Waals surface area (Å²) in [5.74, 6) is 0.783. The molecule has 1 unspecified atom stereocenters. The lowest BCUT2D eigenvalue weighted by atomic mass is 9.96. The molecule has 0 bridgehead atoms. The van der Waals surface area contributed by atoms with E-state index in [1.165, 1.54) is 6.42 Å². The fourth-order valence-corrected chi connectivity index (χ4v) is 1.80. The second-order valence-corrected chi connectivity index (χ2v) is 4.56. The van der Waals surface area contributed by atoms with Crippen LogP contribution in [0.1, 0.15) is 37.8 Å². The van der Waals surface area contributed by atoms with E-state index in [9.17, 15) is 0 Å². The molecule has 0 saturated heterocycles. The summed E-state index contributed by atoms with van der Waals surface area (Å²) in [6.07, 6.45) is 3.92. The Balaban J connectivity index is 2.11. The van der Waals surface area contributed by atoms with Crippen LogP contribution in [0.15, 0.2) is 18.2 Å². The highest BCUT2D eigenvalue weighted by atomic mass is 35.5. The number of rotatable bonds is 3. The minimum atomic E-state index is 0.0141. The highest BCUT2D eigenvalue weighted by molar-refractivity contribution is 6.32. The van der Waals surface area contributed by atoms with Gasteiger partial charge in [0.1, 0.15) is 5.75 Å². The van der Waals surface area contributed by atoms with Gasteiger partial charge in [0.05, 0.1) is 11.1 Å². The number of hydrogen-bond acceptors (Lipinski definition) is 2. The van der Waals surface area contributed by atoms with Gasteiger partial charge in [-0.3, -0.25) is 0 Å². The molecule has 0 spiro atoms. The van der Waals surface area contributed by atoms with E-state index >= 15 is 0 Å². The van der Waals surface area contributed by atoms with Crippen LogP contribution >= 0.6 is 11.6 Å². The Kier molecular flexibility index (Phi) is 3.17. The second kappa shape index (κ2) is 4.42. The van der Waals surface area contributed by atoms with Crippen LogP contribution in [-0.4, -0.2) is 6.10 Å². The first-order chi connectivity index (χ1) is 7.16. The summed E-state index contributed by atoms with van der Waals surface area (Å²) in [5.41, 5.74) is 6.81. The van der Waals surface area contributed by atoms with Crippen molar-refractivity contribution < 1.29 is 4.74 Å². The van der Waals surface area contributed by atoms with Gasteiger partial charge in [0.25, 0.3) is 0 Å². The predicted molar refractivity (Wildman–Crippen MR) is 62.3 cm³/mol. The largest absolute Gasteiger partial charge is 0.489 e.